The third kappa shape index (κ3) is 2.32. The molecule has 0 aromatic heterocycles. The van der Waals surface area contributed by atoms with E-state index >= 15 is 0 Å². The average molecular weight is 264 g/mol. The van der Waals surface area contributed by atoms with Crippen LogP contribution in [-0.4, -0.2) is 11.1 Å². The summed E-state index contributed by atoms with van der Waals surface area (Å²) in [5.41, 5.74) is 3.05. The number of aliphatic hydroxyl groups excluding tert-OH is 1. The largest absolute Gasteiger partial charge is 0.387 e. The summed E-state index contributed by atoms with van der Waals surface area (Å²) in [5, 5.41) is 23.0. The molecule has 0 fully saturated rings. The molecule has 0 heterocycles. The maximum atomic E-state index is 10.4. The number of aliphatic hydroxyl groups is 1. The third-order valence-corrected chi connectivity index (χ3v) is 3.84. The SMILES string of the molecule is N#CC(N[C@@H]1Cc2ccccc2[C@@H]1O)c1ccccc1. The van der Waals surface area contributed by atoms with Gasteiger partial charge in [0.25, 0.3) is 0 Å². The lowest BCUT2D eigenvalue weighted by molar-refractivity contribution is 0.138. The van der Waals surface area contributed by atoms with Crippen LogP contribution in [0.2, 0.25) is 0 Å². The van der Waals surface area contributed by atoms with E-state index in [2.05, 4.69) is 11.4 Å². The van der Waals surface area contributed by atoms with Crippen LogP contribution in [0.25, 0.3) is 0 Å². The summed E-state index contributed by atoms with van der Waals surface area (Å²) in [6, 6.07) is 19.3. The Labute approximate surface area is 118 Å². The summed E-state index contributed by atoms with van der Waals surface area (Å²) >= 11 is 0. The fourth-order valence-electron chi connectivity index (χ4n) is 2.79. The van der Waals surface area contributed by atoms with E-state index in [0.717, 1.165) is 23.1 Å². The van der Waals surface area contributed by atoms with E-state index in [1.54, 1.807) is 0 Å². The van der Waals surface area contributed by atoms with Gasteiger partial charge in [-0.25, -0.2) is 0 Å². The van der Waals surface area contributed by atoms with Gasteiger partial charge < -0.3 is 5.11 Å². The van der Waals surface area contributed by atoms with Crippen molar-refractivity contribution >= 4 is 0 Å². The Kier molecular flexibility index (Phi) is 3.51. The highest BCUT2D eigenvalue weighted by Gasteiger charge is 2.32. The van der Waals surface area contributed by atoms with Crippen molar-refractivity contribution in [2.75, 3.05) is 0 Å². The topological polar surface area (TPSA) is 56.0 Å². The van der Waals surface area contributed by atoms with E-state index in [1.807, 2.05) is 54.6 Å². The van der Waals surface area contributed by atoms with Gasteiger partial charge in [-0.3, -0.25) is 5.32 Å². The van der Waals surface area contributed by atoms with Gasteiger partial charge in [0, 0.05) is 6.04 Å². The maximum absolute atomic E-state index is 10.4. The minimum absolute atomic E-state index is 0.114. The average Bonchev–Trinajstić information content (AvgIpc) is 2.82. The summed E-state index contributed by atoms with van der Waals surface area (Å²) in [6.45, 7) is 0. The van der Waals surface area contributed by atoms with Crippen LogP contribution < -0.4 is 5.32 Å². The molecule has 3 heteroatoms. The van der Waals surface area contributed by atoms with E-state index in [1.165, 1.54) is 0 Å². The van der Waals surface area contributed by atoms with E-state index in [9.17, 15) is 10.4 Å². The van der Waals surface area contributed by atoms with Crippen LogP contribution in [0.15, 0.2) is 54.6 Å². The summed E-state index contributed by atoms with van der Waals surface area (Å²) in [5.74, 6) is 0. The van der Waals surface area contributed by atoms with Gasteiger partial charge in [-0.15, -0.1) is 0 Å². The highest BCUT2D eigenvalue weighted by Crippen LogP contribution is 2.32. The van der Waals surface area contributed by atoms with Crippen molar-refractivity contribution in [3.8, 4) is 6.07 Å². The molecule has 3 nitrogen and oxygen atoms in total. The first-order valence-corrected chi connectivity index (χ1v) is 6.76. The van der Waals surface area contributed by atoms with E-state index in [0.29, 0.717) is 0 Å². The molecule has 0 amide bonds. The van der Waals surface area contributed by atoms with Crippen LogP contribution >= 0.6 is 0 Å². The Balaban J connectivity index is 1.78. The second kappa shape index (κ2) is 5.46. The smallest absolute Gasteiger partial charge is 0.121 e. The van der Waals surface area contributed by atoms with Crippen molar-refractivity contribution in [3.05, 3.63) is 71.3 Å². The van der Waals surface area contributed by atoms with E-state index in [-0.39, 0.29) is 6.04 Å². The van der Waals surface area contributed by atoms with Crippen molar-refractivity contribution in [2.45, 2.75) is 24.6 Å². The highest BCUT2D eigenvalue weighted by molar-refractivity contribution is 5.36. The molecule has 2 aromatic rings. The predicted octanol–water partition coefficient (Wildman–Crippen LogP) is 2.50. The first kappa shape index (κ1) is 12.9. The molecule has 1 aliphatic rings. The lowest BCUT2D eigenvalue weighted by Gasteiger charge is -2.21. The molecule has 0 spiro atoms. The van der Waals surface area contributed by atoms with Crippen molar-refractivity contribution in [3.63, 3.8) is 0 Å². The second-order valence-electron chi connectivity index (χ2n) is 5.09. The maximum Gasteiger partial charge on any atom is 0.121 e. The monoisotopic (exact) mass is 264 g/mol. The van der Waals surface area contributed by atoms with E-state index < -0.39 is 12.1 Å². The Morgan fingerprint density at radius 1 is 1.10 bits per heavy atom. The van der Waals surface area contributed by atoms with Crippen LogP contribution in [0.1, 0.15) is 28.8 Å². The van der Waals surface area contributed by atoms with Crippen molar-refractivity contribution < 1.29 is 5.11 Å². The van der Waals surface area contributed by atoms with Gasteiger partial charge in [0.2, 0.25) is 0 Å². The number of hydrogen-bond donors (Lipinski definition) is 2. The van der Waals surface area contributed by atoms with Crippen LogP contribution in [-0.2, 0) is 6.42 Å². The molecule has 3 atom stereocenters. The summed E-state index contributed by atoms with van der Waals surface area (Å²) in [6.07, 6.45) is 0.202. The van der Waals surface area contributed by atoms with Gasteiger partial charge in [0.1, 0.15) is 6.04 Å². The van der Waals surface area contributed by atoms with Gasteiger partial charge in [0.15, 0.2) is 0 Å². The molecule has 20 heavy (non-hydrogen) atoms. The Morgan fingerprint density at radius 2 is 1.80 bits per heavy atom. The first-order valence-electron chi connectivity index (χ1n) is 6.76. The zero-order valence-electron chi connectivity index (χ0n) is 11.0. The molecule has 0 aliphatic heterocycles. The Hall–Kier alpha value is -2.15. The van der Waals surface area contributed by atoms with Crippen LogP contribution in [0.5, 0.6) is 0 Å². The molecule has 1 aliphatic carbocycles. The molecule has 3 rings (SSSR count). The number of nitrogens with zero attached hydrogens (tertiary/aromatic N) is 1. The molecule has 0 saturated heterocycles. The molecular formula is C17H16N2O. The summed E-state index contributed by atoms with van der Waals surface area (Å²) < 4.78 is 0. The van der Waals surface area contributed by atoms with Crippen molar-refractivity contribution in [1.29, 1.82) is 5.26 Å². The lowest BCUT2D eigenvalue weighted by Crippen LogP contribution is -2.35. The Bertz CT molecular complexity index is 633. The van der Waals surface area contributed by atoms with Gasteiger partial charge in [-0.05, 0) is 23.1 Å². The molecule has 100 valence electrons. The molecule has 1 unspecified atom stereocenters. The fraction of sp³-hybridized carbons (Fsp3) is 0.235. The van der Waals surface area contributed by atoms with Crippen molar-refractivity contribution in [1.82, 2.24) is 5.32 Å². The number of nitriles is 1. The number of rotatable bonds is 3. The minimum atomic E-state index is -0.550. The van der Waals surface area contributed by atoms with E-state index in [4.69, 9.17) is 0 Å². The first-order chi connectivity index (χ1) is 9.79. The fourth-order valence-corrected chi connectivity index (χ4v) is 2.79. The highest BCUT2D eigenvalue weighted by atomic mass is 16.3. The van der Waals surface area contributed by atoms with Crippen LogP contribution in [0.3, 0.4) is 0 Å². The molecular weight excluding hydrogens is 248 g/mol. The summed E-state index contributed by atoms with van der Waals surface area (Å²) in [4.78, 5) is 0. The molecule has 0 bridgehead atoms. The molecule has 0 radical (unpaired) electrons. The number of benzene rings is 2. The van der Waals surface area contributed by atoms with Gasteiger partial charge >= 0.3 is 0 Å². The van der Waals surface area contributed by atoms with Crippen LogP contribution in [0, 0.1) is 11.3 Å². The third-order valence-electron chi connectivity index (χ3n) is 3.84. The van der Waals surface area contributed by atoms with Gasteiger partial charge in [0.05, 0.1) is 12.2 Å². The number of hydrogen-bond acceptors (Lipinski definition) is 3. The zero-order valence-corrected chi connectivity index (χ0v) is 11.0. The normalized spacial score (nSPS) is 22.0. The summed E-state index contributed by atoms with van der Waals surface area (Å²) in [7, 11) is 0. The number of fused-ring (bicyclic) bond motifs is 1. The van der Waals surface area contributed by atoms with Crippen molar-refractivity contribution in [2.24, 2.45) is 0 Å². The standard InChI is InChI=1S/C17H16N2O/c18-11-16(12-6-2-1-3-7-12)19-15-10-13-8-4-5-9-14(13)17(15)20/h1-9,15-17,19-20H,10H2/t15-,16?,17+/m1/s1. The Morgan fingerprint density at radius 3 is 2.50 bits per heavy atom. The molecule has 2 aromatic carbocycles. The molecule has 2 N–H and O–H groups in total. The quantitative estimate of drug-likeness (QED) is 0.895. The predicted molar refractivity (Wildman–Crippen MR) is 76.8 cm³/mol. The lowest BCUT2D eigenvalue weighted by atomic mass is 10.1. The van der Waals surface area contributed by atoms with Gasteiger partial charge in [-0.2, -0.15) is 5.26 Å². The zero-order chi connectivity index (χ0) is 13.9. The second-order valence-corrected chi connectivity index (χ2v) is 5.09. The number of nitrogens with one attached hydrogen (secondary N) is 1. The minimum Gasteiger partial charge on any atom is -0.387 e. The van der Waals surface area contributed by atoms with Gasteiger partial charge in [-0.1, -0.05) is 54.6 Å². The van der Waals surface area contributed by atoms with Crippen LogP contribution in [0.4, 0.5) is 0 Å². The molecule has 0 saturated carbocycles.